The van der Waals surface area contributed by atoms with E-state index in [-0.39, 0.29) is 18.2 Å². The molecular formula is C18H17BrN2O3. The predicted octanol–water partition coefficient (Wildman–Crippen LogP) is 3.59. The smallest absolute Gasteiger partial charge is 0.256 e. The number of hydrogen-bond donors (Lipinski definition) is 1. The summed E-state index contributed by atoms with van der Waals surface area (Å²) in [5, 5.41) is 3.12. The van der Waals surface area contributed by atoms with Gasteiger partial charge in [-0.1, -0.05) is 15.9 Å². The highest BCUT2D eigenvalue weighted by molar-refractivity contribution is 9.10. The van der Waals surface area contributed by atoms with Crippen molar-refractivity contribution in [2.24, 2.45) is 0 Å². The van der Waals surface area contributed by atoms with Crippen LogP contribution in [0.3, 0.4) is 0 Å². The second-order valence-corrected chi connectivity index (χ2v) is 6.32. The van der Waals surface area contributed by atoms with Crippen LogP contribution in [0.2, 0.25) is 0 Å². The zero-order valence-electron chi connectivity index (χ0n) is 13.2. The van der Waals surface area contributed by atoms with Gasteiger partial charge in [-0.05, 0) is 55.5 Å². The SMILES string of the molecule is CCOc1ccc(N[C@H]2CC(=O)N(c3ccc(Br)cc3)C2=O)cc1. The minimum Gasteiger partial charge on any atom is -0.494 e. The van der Waals surface area contributed by atoms with E-state index in [1.807, 2.05) is 43.3 Å². The molecule has 0 aliphatic carbocycles. The molecule has 0 radical (unpaired) electrons. The first-order valence-corrected chi connectivity index (χ1v) is 8.49. The first-order chi connectivity index (χ1) is 11.6. The van der Waals surface area contributed by atoms with Crippen molar-refractivity contribution in [1.29, 1.82) is 0 Å². The molecule has 1 fully saturated rings. The van der Waals surface area contributed by atoms with Gasteiger partial charge in [-0.15, -0.1) is 0 Å². The number of carbonyl (C=O) groups excluding carboxylic acids is 2. The van der Waals surface area contributed by atoms with Crippen LogP contribution in [0.5, 0.6) is 5.75 Å². The van der Waals surface area contributed by atoms with E-state index in [0.29, 0.717) is 12.3 Å². The van der Waals surface area contributed by atoms with Crippen LogP contribution < -0.4 is 15.0 Å². The Bertz CT molecular complexity index is 744. The molecule has 0 spiro atoms. The molecule has 6 heteroatoms. The highest BCUT2D eigenvalue weighted by Crippen LogP contribution is 2.26. The Kier molecular flexibility index (Phi) is 4.85. The van der Waals surface area contributed by atoms with Gasteiger partial charge in [0.15, 0.2) is 0 Å². The average molecular weight is 389 g/mol. The number of amides is 2. The summed E-state index contributed by atoms with van der Waals surface area (Å²) in [4.78, 5) is 26.1. The first-order valence-electron chi connectivity index (χ1n) is 7.70. The Morgan fingerprint density at radius 2 is 1.79 bits per heavy atom. The molecule has 1 atom stereocenters. The Labute approximate surface area is 148 Å². The van der Waals surface area contributed by atoms with Crippen LogP contribution in [0.15, 0.2) is 53.0 Å². The van der Waals surface area contributed by atoms with E-state index < -0.39 is 6.04 Å². The van der Waals surface area contributed by atoms with Crippen molar-refractivity contribution < 1.29 is 14.3 Å². The molecule has 0 bridgehead atoms. The Morgan fingerprint density at radius 3 is 2.42 bits per heavy atom. The van der Waals surface area contributed by atoms with Crippen molar-refractivity contribution >= 4 is 39.1 Å². The molecule has 2 aromatic carbocycles. The molecule has 1 aliphatic rings. The second-order valence-electron chi connectivity index (χ2n) is 5.40. The van der Waals surface area contributed by atoms with Crippen LogP contribution >= 0.6 is 15.9 Å². The summed E-state index contributed by atoms with van der Waals surface area (Å²) in [6.45, 7) is 2.52. The van der Waals surface area contributed by atoms with Crippen molar-refractivity contribution in [1.82, 2.24) is 0 Å². The molecule has 1 aliphatic heterocycles. The number of nitrogens with one attached hydrogen (secondary N) is 1. The van der Waals surface area contributed by atoms with E-state index in [9.17, 15) is 9.59 Å². The lowest BCUT2D eigenvalue weighted by atomic mass is 10.2. The summed E-state index contributed by atoms with van der Waals surface area (Å²) < 4.78 is 6.29. The van der Waals surface area contributed by atoms with Crippen LogP contribution in [0, 0.1) is 0 Å². The predicted molar refractivity (Wildman–Crippen MR) is 96.3 cm³/mol. The Morgan fingerprint density at radius 1 is 1.12 bits per heavy atom. The van der Waals surface area contributed by atoms with Crippen molar-refractivity contribution in [3.05, 3.63) is 53.0 Å². The van der Waals surface area contributed by atoms with Gasteiger partial charge in [0.05, 0.1) is 18.7 Å². The van der Waals surface area contributed by atoms with E-state index in [0.717, 1.165) is 15.9 Å². The van der Waals surface area contributed by atoms with Gasteiger partial charge in [0.2, 0.25) is 5.91 Å². The van der Waals surface area contributed by atoms with Gasteiger partial charge in [-0.2, -0.15) is 0 Å². The number of nitrogens with zero attached hydrogens (tertiary/aromatic N) is 1. The molecule has 5 nitrogen and oxygen atoms in total. The van der Waals surface area contributed by atoms with Crippen molar-refractivity contribution in [3.63, 3.8) is 0 Å². The molecule has 0 unspecified atom stereocenters. The highest BCUT2D eigenvalue weighted by atomic mass is 79.9. The zero-order valence-corrected chi connectivity index (χ0v) is 14.7. The number of carbonyl (C=O) groups is 2. The lowest BCUT2D eigenvalue weighted by Gasteiger charge is -2.16. The van der Waals surface area contributed by atoms with Gasteiger partial charge < -0.3 is 10.1 Å². The highest BCUT2D eigenvalue weighted by Gasteiger charge is 2.39. The first kappa shape index (κ1) is 16.5. The van der Waals surface area contributed by atoms with Gasteiger partial charge in [0.25, 0.3) is 5.91 Å². The number of imide groups is 1. The largest absolute Gasteiger partial charge is 0.494 e. The molecule has 0 saturated carbocycles. The van der Waals surface area contributed by atoms with Crippen molar-refractivity contribution in [3.8, 4) is 5.75 Å². The third-order valence-electron chi connectivity index (χ3n) is 3.74. The standard InChI is InChI=1S/C18H17BrN2O3/c1-2-24-15-9-5-13(6-10-15)20-16-11-17(22)21(18(16)23)14-7-3-12(19)4-8-14/h3-10,16,20H,2,11H2,1H3/t16-/m0/s1. The summed E-state index contributed by atoms with van der Waals surface area (Å²) in [7, 11) is 0. The summed E-state index contributed by atoms with van der Waals surface area (Å²) in [6.07, 6.45) is 0.141. The average Bonchev–Trinajstić information content (AvgIpc) is 2.85. The van der Waals surface area contributed by atoms with Gasteiger partial charge in [-0.3, -0.25) is 9.59 Å². The minimum absolute atomic E-state index is 0.141. The molecule has 3 rings (SSSR count). The fraction of sp³-hybridized carbons (Fsp3) is 0.222. The molecule has 1 N–H and O–H groups in total. The molecule has 1 saturated heterocycles. The molecule has 2 aromatic rings. The van der Waals surface area contributed by atoms with Crippen LogP contribution in [0.1, 0.15) is 13.3 Å². The van der Waals surface area contributed by atoms with Gasteiger partial charge in [-0.25, -0.2) is 4.90 Å². The number of hydrogen-bond acceptors (Lipinski definition) is 4. The maximum absolute atomic E-state index is 12.6. The number of benzene rings is 2. The summed E-state index contributed by atoms with van der Waals surface area (Å²) in [6, 6.07) is 13.9. The van der Waals surface area contributed by atoms with E-state index in [1.165, 1.54) is 4.90 Å². The number of halogens is 1. The molecule has 1 heterocycles. The van der Waals surface area contributed by atoms with E-state index >= 15 is 0 Å². The third kappa shape index (κ3) is 3.43. The van der Waals surface area contributed by atoms with Crippen molar-refractivity contribution in [2.75, 3.05) is 16.8 Å². The van der Waals surface area contributed by atoms with E-state index in [4.69, 9.17) is 4.74 Å². The summed E-state index contributed by atoms with van der Waals surface area (Å²) in [5.41, 5.74) is 1.37. The monoisotopic (exact) mass is 388 g/mol. The number of anilines is 2. The maximum Gasteiger partial charge on any atom is 0.256 e. The number of ether oxygens (including phenoxy) is 1. The normalized spacial score (nSPS) is 17.2. The maximum atomic E-state index is 12.6. The van der Waals surface area contributed by atoms with E-state index in [1.54, 1.807) is 12.1 Å². The van der Waals surface area contributed by atoms with Crippen LogP contribution in [-0.2, 0) is 9.59 Å². The Hall–Kier alpha value is -2.34. The topological polar surface area (TPSA) is 58.6 Å². The molecule has 24 heavy (non-hydrogen) atoms. The van der Waals surface area contributed by atoms with Crippen LogP contribution in [0.25, 0.3) is 0 Å². The zero-order chi connectivity index (χ0) is 17.1. The molecule has 2 amide bonds. The van der Waals surface area contributed by atoms with Crippen LogP contribution in [0.4, 0.5) is 11.4 Å². The van der Waals surface area contributed by atoms with Gasteiger partial charge in [0.1, 0.15) is 11.8 Å². The minimum atomic E-state index is -0.556. The summed E-state index contributed by atoms with van der Waals surface area (Å²) >= 11 is 3.35. The van der Waals surface area contributed by atoms with Crippen LogP contribution in [-0.4, -0.2) is 24.5 Å². The molecule has 0 aromatic heterocycles. The Balaban J connectivity index is 1.72. The quantitative estimate of drug-likeness (QED) is 0.795. The number of rotatable bonds is 5. The molecular weight excluding hydrogens is 372 g/mol. The lowest BCUT2D eigenvalue weighted by molar-refractivity contribution is -0.121. The molecule has 124 valence electrons. The van der Waals surface area contributed by atoms with Crippen molar-refractivity contribution in [2.45, 2.75) is 19.4 Å². The third-order valence-corrected chi connectivity index (χ3v) is 4.27. The second kappa shape index (κ2) is 7.05. The fourth-order valence-electron chi connectivity index (χ4n) is 2.62. The summed E-state index contributed by atoms with van der Waals surface area (Å²) in [5.74, 6) is 0.329. The fourth-order valence-corrected chi connectivity index (χ4v) is 2.89. The lowest BCUT2D eigenvalue weighted by Crippen LogP contribution is -2.34. The van der Waals surface area contributed by atoms with E-state index in [2.05, 4.69) is 21.2 Å². The van der Waals surface area contributed by atoms with Gasteiger partial charge in [0, 0.05) is 10.2 Å². The van der Waals surface area contributed by atoms with Gasteiger partial charge >= 0.3 is 0 Å².